The highest BCUT2D eigenvalue weighted by molar-refractivity contribution is 5.83. The monoisotopic (exact) mass is 259 g/mol. The molecule has 0 aliphatic rings. The fourth-order valence-corrected chi connectivity index (χ4v) is 2.25. The molecule has 0 unspecified atom stereocenters. The van der Waals surface area contributed by atoms with Crippen molar-refractivity contribution in [2.24, 2.45) is 4.99 Å². The van der Waals surface area contributed by atoms with Gasteiger partial charge < -0.3 is 14.2 Å². The first-order valence-electron chi connectivity index (χ1n) is 6.37. The van der Waals surface area contributed by atoms with Crippen molar-refractivity contribution >= 4 is 16.9 Å². The zero-order valence-corrected chi connectivity index (χ0v) is 12.3. The van der Waals surface area contributed by atoms with E-state index in [0.29, 0.717) is 6.54 Å². The average molecular weight is 259 g/mol. The predicted octanol–water partition coefficient (Wildman–Crippen LogP) is 2.72. The van der Waals surface area contributed by atoms with E-state index < -0.39 is 0 Å². The molecule has 4 heteroatoms. The molecule has 0 aliphatic carbocycles. The van der Waals surface area contributed by atoms with Gasteiger partial charge in [-0.3, -0.25) is 0 Å². The molecule has 2 rings (SSSR count). The van der Waals surface area contributed by atoms with E-state index in [1.807, 2.05) is 63.1 Å². The molecule has 1 aromatic carbocycles. The summed E-state index contributed by atoms with van der Waals surface area (Å²) in [5.74, 6) is 1.89. The minimum Gasteiger partial charge on any atom is -0.461 e. The molecule has 0 saturated carbocycles. The minimum atomic E-state index is 0.633. The van der Waals surface area contributed by atoms with Gasteiger partial charge in [0.05, 0.1) is 6.54 Å². The predicted molar refractivity (Wildman–Crippen MR) is 79.5 cm³/mol. The van der Waals surface area contributed by atoms with E-state index in [0.717, 1.165) is 28.3 Å². The van der Waals surface area contributed by atoms with Crippen molar-refractivity contribution in [1.29, 1.82) is 0 Å². The Kier molecular flexibility index (Phi) is 3.79. The Morgan fingerprint density at radius 2 is 1.74 bits per heavy atom. The second kappa shape index (κ2) is 5.34. The van der Waals surface area contributed by atoms with Crippen LogP contribution in [0, 0.1) is 6.92 Å². The standard InChI is InChI=1S/C15H21N3O/c1-11-13(10-16-15(17(2)3)18(4)5)12-8-6-7-9-14(12)19-11/h6-9H,10H2,1-5H3. The zero-order chi connectivity index (χ0) is 14.0. The van der Waals surface area contributed by atoms with Gasteiger partial charge in [-0.2, -0.15) is 0 Å². The molecule has 0 atom stereocenters. The molecule has 1 aromatic heterocycles. The Morgan fingerprint density at radius 1 is 1.11 bits per heavy atom. The van der Waals surface area contributed by atoms with Gasteiger partial charge in [0, 0.05) is 39.1 Å². The van der Waals surface area contributed by atoms with Gasteiger partial charge in [0.2, 0.25) is 0 Å². The highest BCUT2D eigenvalue weighted by atomic mass is 16.3. The van der Waals surface area contributed by atoms with Crippen LogP contribution in [0.2, 0.25) is 0 Å². The summed E-state index contributed by atoms with van der Waals surface area (Å²) in [5, 5.41) is 1.15. The number of nitrogens with zero attached hydrogens (tertiary/aromatic N) is 3. The van der Waals surface area contributed by atoms with E-state index in [2.05, 4.69) is 11.1 Å². The third-order valence-electron chi connectivity index (χ3n) is 3.08. The molecular formula is C15H21N3O. The molecule has 0 saturated heterocycles. The Labute approximate surface area is 114 Å². The van der Waals surface area contributed by atoms with Gasteiger partial charge in [0.1, 0.15) is 11.3 Å². The lowest BCUT2D eigenvalue weighted by Crippen LogP contribution is -2.35. The van der Waals surface area contributed by atoms with Crippen molar-refractivity contribution < 1.29 is 4.42 Å². The van der Waals surface area contributed by atoms with Gasteiger partial charge in [0.25, 0.3) is 0 Å². The van der Waals surface area contributed by atoms with E-state index >= 15 is 0 Å². The highest BCUT2D eigenvalue weighted by Gasteiger charge is 2.11. The van der Waals surface area contributed by atoms with E-state index in [4.69, 9.17) is 4.42 Å². The molecule has 0 radical (unpaired) electrons. The van der Waals surface area contributed by atoms with E-state index in [1.165, 1.54) is 0 Å². The number of rotatable bonds is 2. The molecule has 0 N–H and O–H groups in total. The summed E-state index contributed by atoms with van der Waals surface area (Å²) in [4.78, 5) is 8.71. The fourth-order valence-electron chi connectivity index (χ4n) is 2.25. The Morgan fingerprint density at radius 3 is 2.37 bits per heavy atom. The van der Waals surface area contributed by atoms with E-state index in [-0.39, 0.29) is 0 Å². The number of hydrogen-bond donors (Lipinski definition) is 0. The molecular weight excluding hydrogens is 238 g/mol. The van der Waals surface area contributed by atoms with Crippen LogP contribution in [0.25, 0.3) is 11.0 Å². The summed E-state index contributed by atoms with van der Waals surface area (Å²) < 4.78 is 5.76. The summed E-state index contributed by atoms with van der Waals surface area (Å²) in [6, 6.07) is 8.10. The molecule has 0 aliphatic heterocycles. The third-order valence-corrected chi connectivity index (χ3v) is 3.08. The number of fused-ring (bicyclic) bond motifs is 1. The number of guanidine groups is 1. The maximum absolute atomic E-state index is 5.76. The van der Waals surface area contributed by atoms with Crippen LogP contribution in [0.15, 0.2) is 33.7 Å². The van der Waals surface area contributed by atoms with Gasteiger partial charge in [0.15, 0.2) is 5.96 Å². The van der Waals surface area contributed by atoms with Gasteiger partial charge >= 0.3 is 0 Å². The Balaban J connectivity index is 2.36. The average Bonchev–Trinajstić information content (AvgIpc) is 2.65. The summed E-state index contributed by atoms with van der Waals surface area (Å²) in [6.45, 7) is 2.63. The van der Waals surface area contributed by atoms with Gasteiger partial charge in [-0.1, -0.05) is 18.2 Å². The number of para-hydroxylation sites is 1. The molecule has 102 valence electrons. The van der Waals surface area contributed by atoms with E-state index in [9.17, 15) is 0 Å². The lowest BCUT2D eigenvalue weighted by atomic mass is 10.1. The number of hydrogen-bond acceptors (Lipinski definition) is 2. The van der Waals surface area contributed by atoms with Crippen LogP contribution in [0.1, 0.15) is 11.3 Å². The van der Waals surface area contributed by atoms with Crippen LogP contribution in [0.5, 0.6) is 0 Å². The van der Waals surface area contributed by atoms with Crippen molar-refractivity contribution in [3.05, 3.63) is 35.6 Å². The topological polar surface area (TPSA) is 32.0 Å². The largest absolute Gasteiger partial charge is 0.461 e. The zero-order valence-electron chi connectivity index (χ0n) is 12.3. The molecule has 0 bridgehead atoms. The summed E-state index contributed by atoms with van der Waals surface area (Å²) in [6.07, 6.45) is 0. The van der Waals surface area contributed by atoms with Gasteiger partial charge in [-0.15, -0.1) is 0 Å². The summed E-state index contributed by atoms with van der Waals surface area (Å²) in [7, 11) is 8.00. The van der Waals surface area contributed by atoms with Crippen LogP contribution in [-0.2, 0) is 6.54 Å². The highest BCUT2D eigenvalue weighted by Crippen LogP contribution is 2.25. The molecule has 0 amide bonds. The SMILES string of the molecule is Cc1oc2ccccc2c1CN=C(N(C)C)N(C)C. The smallest absolute Gasteiger partial charge is 0.195 e. The van der Waals surface area contributed by atoms with Crippen LogP contribution in [0.3, 0.4) is 0 Å². The second-order valence-corrected chi connectivity index (χ2v) is 5.04. The molecule has 0 spiro atoms. The molecule has 1 heterocycles. The number of furan rings is 1. The first-order chi connectivity index (χ1) is 9.00. The summed E-state index contributed by atoms with van der Waals surface area (Å²) in [5.41, 5.74) is 2.10. The fraction of sp³-hybridized carbons (Fsp3) is 0.400. The number of benzene rings is 1. The van der Waals surface area contributed by atoms with Crippen LogP contribution in [-0.4, -0.2) is 44.0 Å². The maximum Gasteiger partial charge on any atom is 0.195 e. The van der Waals surface area contributed by atoms with Crippen molar-refractivity contribution in [3.63, 3.8) is 0 Å². The lowest BCUT2D eigenvalue weighted by Gasteiger charge is -2.22. The lowest BCUT2D eigenvalue weighted by molar-refractivity contribution is 0.479. The Bertz CT molecular complexity index is 586. The van der Waals surface area contributed by atoms with Gasteiger partial charge in [-0.25, -0.2) is 4.99 Å². The first-order valence-corrected chi connectivity index (χ1v) is 6.37. The second-order valence-electron chi connectivity index (χ2n) is 5.04. The molecule has 2 aromatic rings. The van der Waals surface area contributed by atoms with Crippen LogP contribution >= 0.6 is 0 Å². The van der Waals surface area contributed by atoms with Crippen LogP contribution < -0.4 is 0 Å². The first kappa shape index (κ1) is 13.5. The normalized spacial score (nSPS) is 10.6. The minimum absolute atomic E-state index is 0.633. The Hall–Kier alpha value is -1.97. The van der Waals surface area contributed by atoms with Crippen molar-refractivity contribution in [3.8, 4) is 0 Å². The molecule has 4 nitrogen and oxygen atoms in total. The maximum atomic E-state index is 5.76. The van der Waals surface area contributed by atoms with Crippen molar-refractivity contribution in [2.75, 3.05) is 28.2 Å². The molecule has 0 fully saturated rings. The van der Waals surface area contributed by atoms with E-state index in [1.54, 1.807) is 0 Å². The van der Waals surface area contributed by atoms with Crippen LogP contribution in [0.4, 0.5) is 0 Å². The quantitative estimate of drug-likeness (QED) is 0.614. The number of aryl methyl sites for hydroxylation is 1. The van der Waals surface area contributed by atoms with Crippen molar-refractivity contribution in [1.82, 2.24) is 9.80 Å². The van der Waals surface area contributed by atoms with Crippen molar-refractivity contribution in [2.45, 2.75) is 13.5 Å². The van der Waals surface area contributed by atoms with Gasteiger partial charge in [-0.05, 0) is 13.0 Å². The summed E-state index contributed by atoms with van der Waals surface area (Å²) >= 11 is 0. The molecule has 19 heavy (non-hydrogen) atoms. The number of aliphatic imine (C=N–C) groups is 1. The third kappa shape index (κ3) is 2.72.